The van der Waals surface area contributed by atoms with Crippen molar-refractivity contribution in [2.75, 3.05) is 25.0 Å². The van der Waals surface area contributed by atoms with Gasteiger partial charge in [0.15, 0.2) is 0 Å². The van der Waals surface area contributed by atoms with Crippen LogP contribution in [0, 0.1) is 0 Å². The highest BCUT2D eigenvalue weighted by Crippen LogP contribution is 2.12. The normalized spacial score (nSPS) is 19.2. The van der Waals surface area contributed by atoms with Gasteiger partial charge in [0.2, 0.25) is 5.88 Å². The molecule has 1 aliphatic heterocycles. The van der Waals surface area contributed by atoms with Crippen LogP contribution in [-0.4, -0.2) is 35.7 Å². The predicted octanol–water partition coefficient (Wildman–Crippen LogP) is 1.43. The number of nitrogens with one attached hydrogen (secondary N) is 2. The molecule has 17 heavy (non-hydrogen) atoms. The maximum absolute atomic E-state index is 5.46. The van der Waals surface area contributed by atoms with Crippen molar-refractivity contribution in [2.24, 2.45) is 0 Å². The Hall–Kier alpha value is -1.36. The van der Waals surface area contributed by atoms with Crippen LogP contribution in [0.25, 0.3) is 0 Å². The van der Waals surface area contributed by atoms with Crippen molar-refractivity contribution >= 4 is 5.82 Å². The Balaban J connectivity index is 1.82. The number of ether oxygens (including phenoxy) is 1. The molecule has 0 amide bonds. The maximum Gasteiger partial charge on any atom is 0.218 e. The van der Waals surface area contributed by atoms with Gasteiger partial charge in [0.05, 0.1) is 6.61 Å². The van der Waals surface area contributed by atoms with E-state index in [1.165, 1.54) is 19.2 Å². The Kier molecular flexibility index (Phi) is 4.55. The fourth-order valence-corrected chi connectivity index (χ4v) is 1.88. The molecule has 1 aromatic rings. The quantitative estimate of drug-likeness (QED) is 0.782. The molecule has 94 valence electrons. The van der Waals surface area contributed by atoms with Gasteiger partial charge < -0.3 is 15.4 Å². The van der Waals surface area contributed by atoms with E-state index < -0.39 is 0 Å². The Morgan fingerprint density at radius 1 is 1.53 bits per heavy atom. The molecule has 0 bridgehead atoms. The third-order valence-corrected chi connectivity index (χ3v) is 2.79. The van der Waals surface area contributed by atoms with Crippen molar-refractivity contribution < 1.29 is 4.74 Å². The number of aromatic nitrogens is 2. The summed E-state index contributed by atoms with van der Waals surface area (Å²) in [6.07, 6.45) is 5.02. The second-order valence-corrected chi connectivity index (χ2v) is 4.26. The van der Waals surface area contributed by atoms with Crippen LogP contribution in [0.3, 0.4) is 0 Å². The molecule has 0 aliphatic carbocycles. The van der Waals surface area contributed by atoms with Crippen molar-refractivity contribution in [3.63, 3.8) is 0 Å². The number of hydrogen-bond donors (Lipinski definition) is 2. The first-order valence-corrected chi connectivity index (χ1v) is 6.30. The standard InChI is InChI=1S/C12H20N4O/c1-2-6-17-12-7-11(15-9-16-12)14-8-10-4-3-5-13-10/h7,9-10,13H,2-6,8H2,1H3,(H,14,15,16). The Bertz CT molecular complexity index is 339. The first-order chi connectivity index (χ1) is 8.38. The lowest BCUT2D eigenvalue weighted by atomic mass is 10.2. The van der Waals surface area contributed by atoms with E-state index in [-0.39, 0.29) is 0 Å². The van der Waals surface area contributed by atoms with Crippen LogP contribution in [0.4, 0.5) is 5.82 Å². The summed E-state index contributed by atoms with van der Waals surface area (Å²) in [6, 6.07) is 2.41. The molecule has 5 nitrogen and oxygen atoms in total. The molecule has 1 atom stereocenters. The largest absolute Gasteiger partial charge is 0.478 e. The van der Waals surface area contributed by atoms with Crippen molar-refractivity contribution in [1.82, 2.24) is 15.3 Å². The minimum atomic E-state index is 0.560. The second kappa shape index (κ2) is 6.39. The van der Waals surface area contributed by atoms with E-state index in [1.807, 2.05) is 6.07 Å². The third-order valence-electron chi connectivity index (χ3n) is 2.79. The molecule has 2 heterocycles. The van der Waals surface area contributed by atoms with Gasteiger partial charge >= 0.3 is 0 Å². The molecule has 1 aromatic heterocycles. The summed E-state index contributed by atoms with van der Waals surface area (Å²) in [4.78, 5) is 8.25. The maximum atomic E-state index is 5.46. The number of rotatable bonds is 6. The second-order valence-electron chi connectivity index (χ2n) is 4.26. The zero-order valence-electron chi connectivity index (χ0n) is 10.3. The first kappa shape index (κ1) is 12.1. The Morgan fingerprint density at radius 2 is 2.47 bits per heavy atom. The van der Waals surface area contributed by atoms with Gasteiger partial charge in [-0.2, -0.15) is 0 Å². The zero-order chi connectivity index (χ0) is 11.9. The van der Waals surface area contributed by atoms with Crippen LogP contribution in [-0.2, 0) is 0 Å². The van der Waals surface area contributed by atoms with E-state index in [0.717, 1.165) is 25.3 Å². The highest BCUT2D eigenvalue weighted by molar-refractivity contribution is 5.37. The van der Waals surface area contributed by atoms with Gasteiger partial charge in [0.1, 0.15) is 12.1 Å². The molecule has 0 aromatic carbocycles. The number of hydrogen-bond acceptors (Lipinski definition) is 5. The summed E-state index contributed by atoms with van der Waals surface area (Å²) in [7, 11) is 0. The Labute approximate surface area is 102 Å². The fourth-order valence-electron chi connectivity index (χ4n) is 1.88. The highest BCUT2D eigenvalue weighted by Gasteiger charge is 2.13. The van der Waals surface area contributed by atoms with E-state index in [1.54, 1.807) is 0 Å². The predicted molar refractivity (Wildman–Crippen MR) is 67.3 cm³/mol. The minimum absolute atomic E-state index is 0.560. The van der Waals surface area contributed by atoms with Gasteiger partial charge in [0.25, 0.3) is 0 Å². The lowest BCUT2D eigenvalue weighted by Crippen LogP contribution is -2.29. The SMILES string of the molecule is CCCOc1cc(NCC2CCCN2)ncn1. The summed E-state index contributed by atoms with van der Waals surface area (Å²) < 4.78 is 5.46. The van der Waals surface area contributed by atoms with Gasteiger partial charge in [0, 0.05) is 18.7 Å². The number of nitrogens with zero attached hydrogens (tertiary/aromatic N) is 2. The van der Waals surface area contributed by atoms with E-state index in [2.05, 4.69) is 27.5 Å². The topological polar surface area (TPSA) is 59.1 Å². The smallest absolute Gasteiger partial charge is 0.218 e. The molecule has 1 aliphatic rings. The van der Waals surface area contributed by atoms with Gasteiger partial charge in [-0.05, 0) is 25.8 Å². The Morgan fingerprint density at radius 3 is 3.24 bits per heavy atom. The van der Waals surface area contributed by atoms with E-state index in [0.29, 0.717) is 18.5 Å². The van der Waals surface area contributed by atoms with Crippen LogP contribution in [0.15, 0.2) is 12.4 Å². The highest BCUT2D eigenvalue weighted by atomic mass is 16.5. The molecule has 0 radical (unpaired) electrons. The van der Waals surface area contributed by atoms with E-state index >= 15 is 0 Å². The minimum Gasteiger partial charge on any atom is -0.478 e. The zero-order valence-corrected chi connectivity index (χ0v) is 10.3. The van der Waals surface area contributed by atoms with Crippen molar-refractivity contribution in [2.45, 2.75) is 32.2 Å². The molecule has 0 saturated carbocycles. The van der Waals surface area contributed by atoms with Crippen LogP contribution in [0.1, 0.15) is 26.2 Å². The van der Waals surface area contributed by atoms with Gasteiger partial charge in [-0.1, -0.05) is 6.92 Å². The van der Waals surface area contributed by atoms with Crippen molar-refractivity contribution in [3.8, 4) is 5.88 Å². The van der Waals surface area contributed by atoms with E-state index in [9.17, 15) is 0 Å². The number of anilines is 1. The summed E-state index contributed by atoms with van der Waals surface area (Å²) in [6.45, 7) is 4.80. The van der Waals surface area contributed by atoms with Gasteiger partial charge in [-0.25, -0.2) is 9.97 Å². The van der Waals surface area contributed by atoms with Crippen LogP contribution in [0.5, 0.6) is 5.88 Å². The average molecular weight is 236 g/mol. The molecule has 2 N–H and O–H groups in total. The molecule has 1 unspecified atom stereocenters. The lowest BCUT2D eigenvalue weighted by Gasteiger charge is -2.12. The third kappa shape index (κ3) is 3.85. The summed E-state index contributed by atoms with van der Waals surface area (Å²) >= 11 is 0. The fraction of sp³-hybridized carbons (Fsp3) is 0.667. The molecule has 5 heteroatoms. The van der Waals surface area contributed by atoms with Crippen molar-refractivity contribution in [3.05, 3.63) is 12.4 Å². The van der Waals surface area contributed by atoms with Crippen molar-refractivity contribution in [1.29, 1.82) is 0 Å². The monoisotopic (exact) mass is 236 g/mol. The molecular weight excluding hydrogens is 216 g/mol. The molecule has 1 saturated heterocycles. The molecular formula is C12H20N4O. The van der Waals surface area contributed by atoms with Crippen LogP contribution in [0.2, 0.25) is 0 Å². The lowest BCUT2D eigenvalue weighted by molar-refractivity contribution is 0.305. The average Bonchev–Trinajstić information content (AvgIpc) is 2.87. The van der Waals surface area contributed by atoms with Crippen LogP contribution >= 0.6 is 0 Å². The van der Waals surface area contributed by atoms with Gasteiger partial charge in [-0.3, -0.25) is 0 Å². The first-order valence-electron chi connectivity index (χ1n) is 6.30. The van der Waals surface area contributed by atoms with Gasteiger partial charge in [-0.15, -0.1) is 0 Å². The van der Waals surface area contributed by atoms with Crippen LogP contribution < -0.4 is 15.4 Å². The van der Waals surface area contributed by atoms with E-state index in [4.69, 9.17) is 4.74 Å². The summed E-state index contributed by atoms with van der Waals surface area (Å²) in [5.41, 5.74) is 0. The summed E-state index contributed by atoms with van der Waals surface area (Å²) in [5, 5.41) is 6.75. The summed E-state index contributed by atoms with van der Waals surface area (Å²) in [5.74, 6) is 1.48. The molecule has 2 rings (SSSR count). The molecule has 0 spiro atoms. The molecule has 1 fully saturated rings.